The Labute approximate surface area is 237 Å². The molecule has 2 aromatic carbocycles. The lowest BCUT2D eigenvalue weighted by Gasteiger charge is -2.51. The third kappa shape index (κ3) is 5.87. The van der Waals surface area contributed by atoms with Gasteiger partial charge in [0.2, 0.25) is 0 Å². The number of carbonyl (C=O) groups is 3. The van der Waals surface area contributed by atoms with Gasteiger partial charge in [0.25, 0.3) is 15.7 Å². The van der Waals surface area contributed by atoms with E-state index in [-0.39, 0.29) is 6.54 Å². The number of nitro groups is 1. The van der Waals surface area contributed by atoms with E-state index in [1.165, 1.54) is 19.1 Å². The Morgan fingerprint density at radius 1 is 1.05 bits per heavy atom. The van der Waals surface area contributed by atoms with Gasteiger partial charge in [0.15, 0.2) is 17.1 Å². The summed E-state index contributed by atoms with van der Waals surface area (Å²) in [5, 5.41) is 11.7. The highest BCUT2D eigenvalue weighted by atomic mass is 79.9. The number of rotatable bonds is 7. The maximum absolute atomic E-state index is 14.1. The lowest BCUT2D eigenvalue weighted by molar-refractivity contribution is -0.387. The van der Waals surface area contributed by atoms with Crippen LogP contribution in [0, 0.1) is 10.1 Å². The standard InChI is InChI=1S/C25H25BrN2O11S/c1-13(29)36-12-20-24(37-14(2)30)25(38-15(3)31)22-23(39-20)18-10-17(26)9-8-16(18)11-27(22)40(34,35)21-7-5-4-6-19(21)28(32)33/h4-10,20,22-25H,11-12H2,1-3H3/t20-,22+,23-,24-,25-/m1/s1. The van der Waals surface area contributed by atoms with E-state index >= 15 is 0 Å². The number of para-hydroxylation sites is 1. The molecule has 5 atom stereocenters. The Morgan fingerprint density at radius 3 is 2.33 bits per heavy atom. The third-order valence-electron chi connectivity index (χ3n) is 6.44. The number of ether oxygens (including phenoxy) is 4. The van der Waals surface area contributed by atoms with Crippen LogP contribution in [0.4, 0.5) is 5.69 Å². The van der Waals surface area contributed by atoms with E-state index in [1.54, 1.807) is 18.2 Å². The van der Waals surface area contributed by atoms with E-state index in [0.717, 1.165) is 30.3 Å². The number of benzene rings is 2. The second kappa shape index (κ2) is 11.6. The van der Waals surface area contributed by atoms with Gasteiger partial charge < -0.3 is 18.9 Å². The molecule has 1 fully saturated rings. The van der Waals surface area contributed by atoms with Crippen molar-refractivity contribution in [1.82, 2.24) is 4.31 Å². The number of nitrogens with zero attached hydrogens (tertiary/aromatic N) is 2. The number of halogens is 1. The van der Waals surface area contributed by atoms with E-state index in [4.69, 9.17) is 18.9 Å². The highest BCUT2D eigenvalue weighted by Gasteiger charge is 2.57. The molecule has 2 aromatic rings. The summed E-state index contributed by atoms with van der Waals surface area (Å²) in [6.45, 7) is 2.72. The molecule has 0 N–H and O–H groups in total. The number of sulfonamides is 1. The molecule has 0 aliphatic carbocycles. The molecule has 0 amide bonds. The van der Waals surface area contributed by atoms with Crippen LogP contribution in [0.3, 0.4) is 0 Å². The zero-order chi connectivity index (χ0) is 29.4. The first-order chi connectivity index (χ1) is 18.8. The van der Waals surface area contributed by atoms with Gasteiger partial charge in [0.05, 0.1) is 11.0 Å². The lowest BCUT2D eigenvalue weighted by Crippen LogP contribution is -2.65. The van der Waals surface area contributed by atoms with Gasteiger partial charge in [0.1, 0.15) is 18.8 Å². The van der Waals surface area contributed by atoms with Gasteiger partial charge in [-0.05, 0) is 29.3 Å². The Balaban J connectivity index is 1.94. The fourth-order valence-electron chi connectivity index (χ4n) is 4.94. The minimum absolute atomic E-state index is 0.263. The Kier molecular flexibility index (Phi) is 8.58. The van der Waals surface area contributed by atoms with Crippen molar-refractivity contribution < 1.29 is 46.7 Å². The first-order valence-electron chi connectivity index (χ1n) is 12.0. The van der Waals surface area contributed by atoms with E-state index in [2.05, 4.69) is 15.9 Å². The van der Waals surface area contributed by atoms with Crippen molar-refractivity contribution in [2.24, 2.45) is 0 Å². The molecule has 0 saturated carbocycles. The minimum atomic E-state index is -4.64. The van der Waals surface area contributed by atoms with Crippen molar-refractivity contribution in [3.63, 3.8) is 0 Å². The molecule has 13 nitrogen and oxygen atoms in total. The Bertz CT molecular complexity index is 1460. The number of carbonyl (C=O) groups excluding carboxylic acids is 3. The summed E-state index contributed by atoms with van der Waals surface area (Å²) in [6.07, 6.45) is -5.10. The molecule has 15 heteroatoms. The van der Waals surface area contributed by atoms with Crippen LogP contribution >= 0.6 is 15.9 Å². The number of nitro benzene ring substituents is 1. The number of esters is 3. The van der Waals surface area contributed by atoms with Gasteiger partial charge in [-0.25, -0.2) is 8.42 Å². The van der Waals surface area contributed by atoms with Gasteiger partial charge in [-0.2, -0.15) is 4.31 Å². The normalized spacial score (nSPS) is 24.2. The SMILES string of the molecule is CC(=O)OC[C@H]1O[C@@H]2c3cc(Br)ccc3CN(S(=O)(=O)c3ccccc3[N+](=O)[O-])[C@@H]2[C@@H](OC(C)=O)[C@@H]1OC(C)=O. The first-order valence-corrected chi connectivity index (χ1v) is 14.2. The van der Waals surface area contributed by atoms with Crippen LogP contribution in [0.2, 0.25) is 0 Å². The summed E-state index contributed by atoms with van der Waals surface area (Å²) in [4.78, 5) is 46.4. The van der Waals surface area contributed by atoms with Crippen molar-refractivity contribution in [3.05, 3.63) is 68.2 Å². The van der Waals surface area contributed by atoms with Gasteiger partial charge in [0, 0.05) is 37.9 Å². The van der Waals surface area contributed by atoms with Crippen molar-refractivity contribution in [1.29, 1.82) is 0 Å². The second-order valence-electron chi connectivity index (χ2n) is 9.15. The van der Waals surface area contributed by atoms with E-state index < -0.39 is 80.5 Å². The molecule has 214 valence electrons. The smallest absolute Gasteiger partial charge is 0.303 e. The quantitative estimate of drug-likeness (QED) is 0.189. The van der Waals surface area contributed by atoms with Gasteiger partial charge in [-0.1, -0.05) is 34.1 Å². The summed E-state index contributed by atoms with van der Waals surface area (Å²) in [6, 6.07) is 8.61. The molecule has 0 unspecified atom stereocenters. The molecule has 2 heterocycles. The predicted molar refractivity (Wildman–Crippen MR) is 139 cm³/mol. The number of hydrogen-bond donors (Lipinski definition) is 0. The Hall–Kier alpha value is -3.40. The molecule has 0 bridgehead atoms. The first kappa shape index (κ1) is 29.6. The fourth-order valence-corrected chi connectivity index (χ4v) is 7.09. The molecule has 2 aliphatic heterocycles. The fraction of sp³-hybridized carbons (Fsp3) is 0.400. The summed E-state index contributed by atoms with van der Waals surface area (Å²) >= 11 is 3.40. The predicted octanol–water partition coefficient (Wildman–Crippen LogP) is 2.80. The zero-order valence-electron chi connectivity index (χ0n) is 21.5. The number of fused-ring (bicyclic) bond motifs is 3. The van der Waals surface area contributed by atoms with Crippen LogP contribution in [0.5, 0.6) is 0 Å². The van der Waals surface area contributed by atoms with Crippen LogP contribution in [0.25, 0.3) is 0 Å². The van der Waals surface area contributed by atoms with Gasteiger partial charge >= 0.3 is 17.9 Å². The molecule has 40 heavy (non-hydrogen) atoms. The minimum Gasteiger partial charge on any atom is -0.463 e. The molecule has 0 radical (unpaired) electrons. The van der Waals surface area contributed by atoms with Crippen molar-refractivity contribution in [2.75, 3.05) is 6.61 Å². The number of hydrogen-bond acceptors (Lipinski definition) is 11. The molecule has 1 saturated heterocycles. The zero-order valence-corrected chi connectivity index (χ0v) is 23.9. The highest BCUT2D eigenvalue weighted by molar-refractivity contribution is 9.10. The van der Waals surface area contributed by atoms with Crippen LogP contribution < -0.4 is 0 Å². The molecule has 0 spiro atoms. The third-order valence-corrected chi connectivity index (χ3v) is 8.82. The van der Waals surface area contributed by atoms with Crippen LogP contribution in [0.1, 0.15) is 38.0 Å². The highest BCUT2D eigenvalue weighted by Crippen LogP contribution is 2.46. The second-order valence-corrected chi connectivity index (χ2v) is 11.9. The van der Waals surface area contributed by atoms with Gasteiger partial charge in [-0.15, -0.1) is 0 Å². The average Bonchev–Trinajstić information content (AvgIpc) is 2.87. The van der Waals surface area contributed by atoms with Crippen LogP contribution in [-0.2, 0) is 49.9 Å². The average molecular weight is 641 g/mol. The molecule has 0 aromatic heterocycles. The summed E-state index contributed by atoms with van der Waals surface area (Å²) < 4.78 is 52.4. The molecular formula is C25H25BrN2O11S. The van der Waals surface area contributed by atoms with Crippen molar-refractivity contribution in [2.45, 2.75) is 62.7 Å². The van der Waals surface area contributed by atoms with Crippen molar-refractivity contribution in [3.8, 4) is 0 Å². The molecular weight excluding hydrogens is 616 g/mol. The lowest BCUT2D eigenvalue weighted by atomic mass is 9.84. The molecule has 4 rings (SSSR count). The maximum Gasteiger partial charge on any atom is 0.303 e. The Morgan fingerprint density at radius 2 is 1.70 bits per heavy atom. The summed E-state index contributed by atoms with van der Waals surface area (Å²) in [5.74, 6) is -2.25. The largest absolute Gasteiger partial charge is 0.463 e. The van der Waals surface area contributed by atoms with E-state index in [0.29, 0.717) is 15.6 Å². The van der Waals surface area contributed by atoms with E-state index in [9.17, 15) is 32.9 Å². The van der Waals surface area contributed by atoms with Crippen molar-refractivity contribution >= 4 is 49.5 Å². The van der Waals surface area contributed by atoms with E-state index in [1.807, 2.05) is 0 Å². The maximum atomic E-state index is 14.1. The summed E-state index contributed by atoms with van der Waals surface area (Å²) in [5.41, 5.74) is 0.413. The van der Waals surface area contributed by atoms with Gasteiger partial charge in [-0.3, -0.25) is 24.5 Å². The summed E-state index contributed by atoms with van der Waals surface area (Å²) in [7, 11) is -4.64. The monoisotopic (exact) mass is 640 g/mol. The van der Waals surface area contributed by atoms with Crippen LogP contribution in [0.15, 0.2) is 51.8 Å². The molecule has 2 aliphatic rings. The van der Waals surface area contributed by atoms with Crippen LogP contribution in [-0.4, -0.2) is 66.5 Å². The topological polar surface area (TPSA) is 169 Å².